The van der Waals surface area contributed by atoms with E-state index in [2.05, 4.69) is 39.3 Å². The van der Waals surface area contributed by atoms with Crippen molar-refractivity contribution in [2.24, 2.45) is 10.2 Å². The van der Waals surface area contributed by atoms with Crippen molar-refractivity contribution in [2.75, 3.05) is 0 Å². The minimum Gasteiger partial charge on any atom is -0.273 e. The maximum absolute atomic E-state index is 12.0. The maximum Gasteiger partial charge on any atom is 0.245 e. The molecule has 0 unspecified atom stereocenters. The van der Waals surface area contributed by atoms with Crippen molar-refractivity contribution in [1.29, 1.82) is 0 Å². The smallest absolute Gasteiger partial charge is 0.245 e. The summed E-state index contributed by atoms with van der Waals surface area (Å²) in [6.45, 7) is 0. The van der Waals surface area contributed by atoms with E-state index >= 15 is 0 Å². The zero-order valence-electron chi connectivity index (χ0n) is 13.9. The number of carbonyl (C=O) groups is 2. The third kappa shape index (κ3) is 3.17. The molecule has 26 heavy (non-hydrogen) atoms. The highest BCUT2D eigenvalue weighted by Gasteiger charge is 2.17. The molecule has 0 radical (unpaired) electrons. The van der Waals surface area contributed by atoms with Crippen molar-refractivity contribution in [1.82, 2.24) is 10.9 Å². The first-order valence-electron chi connectivity index (χ1n) is 8.27. The van der Waals surface area contributed by atoms with Gasteiger partial charge in [-0.15, -0.1) is 0 Å². The van der Waals surface area contributed by atoms with Crippen molar-refractivity contribution < 1.29 is 9.59 Å². The third-order valence-electron chi connectivity index (χ3n) is 4.26. The van der Waals surface area contributed by atoms with Gasteiger partial charge in [0, 0.05) is 5.56 Å². The first-order chi connectivity index (χ1) is 12.7. The number of carbonyl (C=O) groups excluding carboxylic acids is 2. The average Bonchev–Trinajstić information content (AvgIpc) is 3.05. The van der Waals surface area contributed by atoms with Crippen molar-refractivity contribution in [3.05, 3.63) is 60.2 Å². The van der Waals surface area contributed by atoms with Gasteiger partial charge in [-0.05, 0) is 27.6 Å². The first-order valence-corrected chi connectivity index (χ1v) is 8.27. The highest BCUT2D eigenvalue weighted by Crippen LogP contribution is 2.27. The fourth-order valence-electron chi connectivity index (χ4n) is 3.09. The molecular formula is C20H16N4O2. The first kappa shape index (κ1) is 16.0. The van der Waals surface area contributed by atoms with E-state index in [1.807, 2.05) is 36.4 Å². The molecule has 3 aromatic carbocycles. The fraction of sp³-hybridized carbons (Fsp3) is 0.100. The van der Waals surface area contributed by atoms with Gasteiger partial charge in [-0.2, -0.15) is 10.2 Å². The Morgan fingerprint density at radius 1 is 1.12 bits per heavy atom. The average molecular weight is 344 g/mol. The molecule has 0 aliphatic carbocycles. The number of amides is 2. The van der Waals surface area contributed by atoms with Crippen molar-refractivity contribution >= 4 is 45.3 Å². The van der Waals surface area contributed by atoms with Crippen LogP contribution in [0.1, 0.15) is 18.4 Å². The molecule has 0 spiro atoms. The summed E-state index contributed by atoms with van der Waals surface area (Å²) in [5.41, 5.74) is 6.31. The van der Waals surface area contributed by atoms with Crippen molar-refractivity contribution in [2.45, 2.75) is 12.8 Å². The highest BCUT2D eigenvalue weighted by molar-refractivity contribution is 6.14. The highest BCUT2D eigenvalue weighted by atomic mass is 16.2. The summed E-state index contributed by atoms with van der Waals surface area (Å²) in [6, 6.07) is 18.3. The van der Waals surface area contributed by atoms with Gasteiger partial charge in [-0.1, -0.05) is 48.5 Å². The number of nitrogens with one attached hydrogen (secondary N) is 2. The van der Waals surface area contributed by atoms with Crippen molar-refractivity contribution in [3.8, 4) is 0 Å². The normalized spacial score (nSPS) is 14.0. The van der Waals surface area contributed by atoms with Gasteiger partial charge in [-0.3, -0.25) is 9.59 Å². The molecular weight excluding hydrogens is 328 g/mol. The number of hydrogen-bond donors (Lipinski definition) is 2. The Labute approximate surface area is 149 Å². The molecule has 0 saturated carbocycles. The summed E-state index contributed by atoms with van der Waals surface area (Å²) in [5.74, 6) is -0.500. The SMILES string of the molecule is O=C(CC1=NNC(=O)C1)NN=Cc1c2ccccc2cc2ccccc12. The lowest BCUT2D eigenvalue weighted by Crippen LogP contribution is -2.20. The molecule has 0 saturated heterocycles. The van der Waals surface area contributed by atoms with Crippen LogP contribution < -0.4 is 10.9 Å². The lowest BCUT2D eigenvalue weighted by Gasteiger charge is -2.07. The van der Waals surface area contributed by atoms with Gasteiger partial charge < -0.3 is 0 Å². The van der Waals surface area contributed by atoms with Crippen molar-refractivity contribution in [3.63, 3.8) is 0 Å². The van der Waals surface area contributed by atoms with E-state index in [4.69, 9.17) is 0 Å². The molecule has 6 nitrogen and oxygen atoms in total. The van der Waals surface area contributed by atoms with E-state index in [9.17, 15) is 9.59 Å². The van der Waals surface area contributed by atoms with Gasteiger partial charge in [0.2, 0.25) is 11.8 Å². The Morgan fingerprint density at radius 3 is 2.38 bits per heavy atom. The van der Waals surface area contributed by atoms with Crippen LogP contribution in [0.15, 0.2) is 64.8 Å². The van der Waals surface area contributed by atoms with E-state index < -0.39 is 0 Å². The van der Waals surface area contributed by atoms with Gasteiger partial charge in [0.05, 0.1) is 24.8 Å². The Bertz CT molecular complexity index is 1030. The largest absolute Gasteiger partial charge is 0.273 e. The zero-order chi connectivity index (χ0) is 17.9. The molecule has 3 aromatic rings. The third-order valence-corrected chi connectivity index (χ3v) is 4.26. The minimum absolute atomic E-state index is 0.0480. The van der Waals surface area contributed by atoms with Crippen LogP contribution in [0.4, 0.5) is 0 Å². The zero-order valence-corrected chi connectivity index (χ0v) is 13.9. The van der Waals surface area contributed by atoms with Gasteiger partial charge in [0.25, 0.3) is 0 Å². The molecule has 2 amide bonds. The second-order valence-electron chi connectivity index (χ2n) is 6.09. The number of rotatable bonds is 4. The molecule has 0 bridgehead atoms. The summed E-state index contributed by atoms with van der Waals surface area (Å²) in [6.07, 6.45) is 1.87. The predicted molar refractivity (Wildman–Crippen MR) is 102 cm³/mol. The Kier molecular flexibility index (Phi) is 4.15. The fourth-order valence-corrected chi connectivity index (χ4v) is 3.09. The summed E-state index contributed by atoms with van der Waals surface area (Å²) in [5, 5.41) is 12.3. The Hall–Kier alpha value is -3.54. The summed E-state index contributed by atoms with van der Waals surface area (Å²) in [4.78, 5) is 23.1. The Morgan fingerprint density at radius 2 is 1.77 bits per heavy atom. The van der Waals surface area contributed by atoms with Crippen LogP contribution in [0.25, 0.3) is 21.5 Å². The van der Waals surface area contributed by atoms with Gasteiger partial charge in [-0.25, -0.2) is 10.9 Å². The lowest BCUT2D eigenvalue weighted by molar-refractivity contribution is -0.119. The Balaban J connectivity index is 1.60. The molecule has 1 aliphatic heterocycles. The van der Waals surface area contributed by atoms with E-state index in [0.717, 1.165) is 27.1 Å². The van der Waals surface area contributed by atoms with Crippen LogP contribution in [0.5, 0.6) is 0 Å². The van der Waals surface area contributed by atoms with Crippen LogP contribution in [0.3, 0.4) is 0 Å². The summed E-state index contributed by atoms with van der Waals surface area (Å²) >= 11 is 0. The summed E-state index contributed by atoms with van der Waals surface area (Å²) in [7, 11) is 0. The van der Waals surface area contributed by atoms with E-state index in [0.29, 0.717) is 5.71 Å². The molecule has 1 aliphatic rings. The van der Waals surface area contributed by atoms with Gasteiger partial charge in [0.15, 0.2) is 0 Å². The molecule has 0 fully saturated rings. The van der Waals surface area contributed by atoms with Crippen LogP contribution >= 0.6 is 0 Å². The van der Waals surface area contributed by atoms with Crippen LogP contribution in [0.2, 0.25) is 0 Å². The number of benzene rings is 3. The molecule has 6 heteroatoms. The number of hydrogen-bond acceptors (Lipinski definition) is 4. The molecule has 128 valence electrons. The molecule has 1 heterocycles. The van der Waals surface area contributed by atoms with Crippen LogP contribution in [-0.4, -0.2) is 23.7 Å². The number of nitrogens with zero attached hydrogens (tertiary/aromatic N) is 2. The van der Waals surface area contributed by atoms with Crippen LogP contribution in [0, 0.1) is 0 Å². The summed E-state index contributed by atoms with van der Waals surface area (Å²) < 4.78 is 0. The maximum atomic E-state index is 12.0. The quantitative estimate of drug-likeness (QED) is 0.433. The lowest BCUT2D eigenvalue weighted by atomic mass is 9.97. The number of hydrazone groups is 2. The molecule has 4 rings (SSSR count). The van der Waals surface area contributed by atoms with Gasteiger partial charge in [0.1, 0.15) is 0 Å². The molecule has 0 atom stereocenters. The monoisotopic (exact) mass is 344 g/mol. The predicted octanol–water partition coefficient (Wildman–Crippen LogP) is 2.71. The van der Waals surface area contributed by atoms with Gasteiger partial charge >= 0.3 is 0 Å². The van der Waals surface area contributed by atoms with E-state index in [1.165, 1.54) is 0 Å². The van der Waals surface area contributed by atoms with Crippen LogP contribution in [-0.2, 0) is 9.59 Å². The number of fused-ring (bicyclic) bond motifs is 2. The second kappa shape index (κ2) is 6.76. The molecule has 2 N–H and O–H groups in total. The van der Waals surface area contributed by atoms with E-state index in [1.54, 1.807) is 6.21 Å². The van der Waals surface area contributed by atoms with E-state index in [-0.39, 0.29) is 24.7 Å². The topological polar surface area (TPSA) is 82.9 Å². The minimum atomic E-state index is -0.305. The second-order valence-corrected chi connectivity index (χ2v) is 6.09. The standard InChI is InChI=1S/C20H16N4O2/c25-19(10-15-11-20(26)24-22-15)23-21-12-18-16-7-3-1-5-13(16)9-14-6-2-4-8-17(14)18/h1-9,12H,10-11H2,(H,23,25)(H,24,26). The molecule has 0 aromatic heterocycles.